The molecule has 0 unspecified atom stereocenters. The van der Waals surface area contributed by atoms with E-state index in [0.717, 1.165) is 42.1 Å². The van der Waals surface area contributed by atoms with Gasteiger partial charge in [0.25, 0.3) is 5.91 Å². The lowest BCUT2D eigenvalue weighted by Crippen LogP contribution is -2.39. The third-order valence-electron chi connectivity index (χ3n) is 3.92. The van der Waals surface area contributed by atoms with E-state index in [1.807, 2.05) is 30.2 Å². The van der Waals surface area contributed by atoms with Gasteiger partial charge in [-0.3, -0.25) is 4.79 Å². The summed E-state index contributed by atoms with van der Waals surface area (Å²) in [5.74, 6) is 1.73. The molecule has 0 N–H and O–H groups in total. The van der Waals surface area contributed by atoms with E-state index in [0.29, 0.717) is 12.4 Å². The van der Waals surface area contributed by atoms with Crippen LogP contribution in [0.2, 0.25) is 0 Å². The molecule has 1 aliphatic heterocycles. The van der Waals surface area contributed by atoms with Crippen LogP contribution in [0.15, 0.2) is 16.0 Å². The van der Waals surface area contributed by atoms with Gasteiger partial charge in [0.2, 0.25) is 5.89 Å². The van der Waals surface area contributed by atoms with E-state index in [9.17, 15) is 4.79 Å². The zero-order valence-corrected chi connectivity index (χ0v) is 13.2. The summed E-state index contributed by atoms with van der Waals surface area (Å²) in [6.07, 6.45) is 2.74. The highest BCUT2D eigenvalue weighted by molar-refractivity contribution is 7.12. The molecule has 1 fully saturated rings. The Bertz CT molecular complexity index is 634. The molecule has 112 valence electrons. The van der Waals surface area contributed by atoms with Gasteiger partial charge >= 0.3 is 0 Å². The Labute approximate surface area is 128 Å². The summed E-state index contributed by atoms with van der Waals surface area (Å²) < 4.78 is 5.19. The number of carbonyl (C=O) groups is 1. The van der Waals surface area contributed by atoms with Crippen molar-refractivity contribution in [3.05, 3.63) is 33.6 Å². The van der Waals surface area contributed by atoms with E-state index in [-0.39, 0.29) is 11.8 Å². The third-order valence-corrected chi connectivity index (χ3v) is 4.92. The number of aryl methyl sites for hydroxylation is 2. The Morgan fingerprint density at radius 3 is 3.10 bits per heavy atom. The van der Waals surface area contributed by atoms with Crippen LogP contribution < -0.4 is 0 Å². The van der Waals surface area contributed by atoms with Gasteiger partial charge in [-0.15, -0.1) is 11.3 Å². The summed E-state index contributed by atoms with van der Waals surface area (Å²) in [5.41, 5.74) is 1.06. The smallest absolute Gasteiger partial charge is 0.264 e. The fraction of sp³-hybridized carbons (Fsp3) is 0.533. The van der Waals surface area contributed by atoms with Crippen molar-refractivity contribution in [2.45, 2.75) is 39.0 Å². The predicted molar refractivity (Wildman–Crippen MR) is 80.6 cm³/mol. The molecule has 1 atom stereocenters. The van der Waals surface area contributed by atoms with Crippen molar-refractivity contribution in [2.24, 2.45) is 0 Å². The van der Waals surface area contributed by atoms with Gasteiger partial charge in [0.05, 0.1) is 4.88 Å². The molecule has 0 aromatic carbocycles. The molecule has 0 aliphatic carbocycles. The van der Waals surface area contributed by atoms with E-state index >= 15 is 0 Å². The van der Waals surface area contributed by atoms with Gasteiger partial charge in [-0.2, -0.15) is 4.98 Å². The van der Waals surface area contributed by atoms with E-state index < -0.39 is 0 Å². The quantitative estimate of drug-likeness (QED) is 0.874. The number of aromatic nitrogens is 2. The number of nitrogens with zero attached hydrogens (tertiary/aromatic N) is 3. The summed E-state index contributed by atoms with van der Waals surface area (Å²) in [4.78, 5) is 19.8. The van der Waals surface area contributed by atoms with Gasteiger partial charge in [-0.05, 0) is 36.8 Å². The minimum absolute atomic E-state index is 0.131. The minimum Gasteiger partial charge on any atom is -0.339 e. The highest BCUT2D eigenvalue weighted by Gasteiger charge is 2.29. The van der Waals surface area contributed by atoms with Crippen LogP contribution in [0.25, 0.3) is 0 Å². The molecule has 0 saturated carbocycles. The molecule has 5 nitrogen and oxygen atoms in total. The molecule has 0 radical (unpaired) electrons. The second kappa shape index (κ2) is 5.97. The van der Waals surface area contributed by atoms with Crippen molar-refractivity contribution >= 4 is 17.2 Å². The van der Waals surface area contributed by atoms with Crippen LogP contribution in [-0.2, 0) is 6.42 Å². The van der Waals surface area contributed by atoms with Crippen LogP contribution in [-0.4, -0.2) is 34.0 Å². The van der Waals surface area contributed by atoms with Crippen molar-refractivity contribution in [1.82, 2.24) is 15.0 Å². The van der Waals surface area contributed by atoms with Crippen LogP contribution >= 0.6 is 11.3 Å². The molecule has 0 spiro atoms. The molecule has 6 heteroatoms. The van der Waals surface area contributed by atoms with Crippen LogP contribution in [0.4, 0.5) is 0 Å². The van der Waals surface area contributed by atoms with Crippen LogP contribution in [0, 0.1) is 6.92 Å². The minimum atomic E-state index is 0.131. The third kappa shape index (κ3) is 2.85. The number of carbonyl (C=O) groups excluding carboxylic acids is 1. The van der Waals surface area contributed by atoms with Gasteiger partial charge in [0.1, 0.15) is 0 Å². The molecule has 3 rings (SSSR count). The number of amides is 1. The monoisotopic (exact) mass is 305 g/mol. The Morgan fingerprint density at radius 1 is 1.57 bits per heavy atom. The summed E-state index contributed by atoms with van der Waals surface area (Å²) in [7, 11) is 0. The van der Waals surface area contributed by atoms with E-state index in [1.54, 1.807) is 0 Å². The zero-order chi connectivity index (χ0) is 14.8. The molecular formula is C15H19N3O2S. The van der Waals surface area contributed by atoms with Gasteiger partial charge in [0, 0.05) is 25.4 Å². The van der Waals surface area contributed by atoms with E-state index in [2.05, 4.69) is 10.1 Å². The topological polar surface area (TPSA) is 59.2 Å². The van der Waals surface area contributed by atoms with Crippen molar-refractivity contribution in [3.8, 4) is 0 Å². The van der Waals surface area contributed by atoms with Crippen molar-refractivity contribution in [1.29, 1.82) is 0 Å². The van der Waals surface area contributed by atoms with Gasteiger partial charge in [0.15, 0.2) is 5.82 Å². The van der Waals surface area contributed by atoms with Crippen LogP contribution in [0.5, 0.6) is 0 Å². The Kier molecular flexibility index (Phi) is 4.05. The maximum atomic E-state index is 12.6. The maximum absolute atomic E-state index is 12.6. The first-order chi connectivity index (χ1) is 10.2. The zero-order valence-electron chi connectivity index (χ0n) is 12.3. The first-order valence-corrected chi connectivity index (χ1v) is 8.23. The Morgan fingerprint density at radius 2 is 2.43 bits per heavy atom. The highest BCUT2D eigenvalue weighted by Crippen LogP contribution is 2.27. The van der Waals surface area contributed by atoms with E-state index in [4.69, 9.17) is 4.52 Å². The summed E-state index contributed by atoms with van der Waals surface area (Å²) >= 11 is 1.52. The highest BCUT2D eigenvalue weighted by atomic mass is 32.1. The number of piperidine rings is 1. The molecule has 21 heavy (non-hydrogen) atoms. The number of hydrogen-bond acceptors (Lipinski definition) is 5. The average molecular weight is 305 g/mol. The normalized spacial score (nSPS) is 19.0. The fourth-order valence-electron chi connectivity index (χ4n) is 2.69. The van der Waals surface area contributed by atoms with Crippen LogP contribution in [0.3, 0.4) is 0 Å². The van der Waals surface area contributed by atoms with Gasteiger partial charge in [-0.25, -0.2) is 0 Å². The van der Waals surface area contributed by atoms with E-state index in [1.165, 1.54) is 11.3 Å². The second-order valence-electron chi connectivity index (χ2n) is 5.42. The van der Waals surface area contributed by atoms with Crippen molar-refractivity contribution < 1.29 is 9.32 Å². The lowest BCUT2D eigenvalue weighted by molar-refractivity contribution is 0.0708. The SMILES string of the molecule is CCc1nc([C@@H]2CCCN(C(=O)c3sccc3C)C2)no1. The summed E-state index contributed by atoms with van der Waals surface area (Å²) in [5, 5.41) is 6.03. The molecule has 1 aliphatic rings. The second-order valence-corrected chi connectivity index (χ2v) is 6.34. The predicted octanol–water partition coefficient (Wildman–Crippen LogP) is 3.02. The standard InChI is InChI=1S/C15H19N3O2S/c1-3-12-16-14(17-20-12)11-5-4-7-18(9-11)15(19)13-10(2)6-8-21-13/h6,8,11H,3-5,7,9H2,1-2H3/t11-/m1/s1. The number of rotatable bonds is 3. The first-order valence-electron chi connectivity index (χ1n) is 7.35. The summed E-state index contributed by atoms with van der Waals surface area (Å²) in [6.45, 7) is 5.47. The number of likely N-dealkylation sites (tertiary alicyclic amines) is 1. The van der Waals surface area contributed by atoms with Gasteiger partial charge in [-0.1, -0.05) is 12.1 Å². The van der Waals surface area contributed by atoms with Gasteiger partial charge < -0.3 is 9.42 Å². The lowest BCUT2D eigenvalue weighted by atomic mass is 9.97. The maximum Gasteiger partial charge on any atom is 0.264 e. The molecule has 2 aromatic heterocycles. The van der Waals surface area contributed by atoms with Crippen LogP contribution in [0.1, 0.15) is 52.6 Å². The Balaban J connectivity index is 1.74. The van der Waals surface area contributed by atoms with Crippen molar-refractivity contribution in [2.75, 3.05) is 13.1 Å². The largest absolute Gasteiger partial charge is 0.339 e. The molecule has 2 aromatic rings. The summed E-state index contributed by atoms with van der Waals surface area (Å²) in [6, 6.07) is 1.99. The molecule has 1 saturated heterocycles. The lowest BCUT2D eigenvalue weighted by Gasteiger charge is -2.31. The fourth-order valence-corrected chi connectivity index (χ4v) is 3.58. The first kappa shape index (κ1) is 14.3. The molecular weight excluding hydrogens is 286 g/mol. The number of thiophene rings is 1. The number of hydrogen-bond donors (Lipinski definition) is 0. The molecule has 0 bridgehead atoms. The Hall–Kier alpha value is -1.69. The molecule has 3 heterocycles. The molecule has 1 amide bonds. The average Bonchev–Trinajstić information content (AvgIpc) is 3.15. The van der Waals surface area contributed by atoms with Crippen molar-refractivity contribution in [3.63, 3.8) is 0 Å².